The summed E-state index contributed by atoms with van der Waals surface area (Å²) in [7, 11) is -4.07. The van der Waals surface area contributed by atoms with Crippen molar-refractivity contribution in [1.82, 2.24) is 10.2 Å². The van der Waals surface area contributed by atoms with Crippen molar-refractivity contribution in [3.8, 4) is 0 Å². The number of carbonyl (C=O) groups excluding carboxylic acids is 2. The number of nitrogens with zero attached hydrogens (tertiary/aromatic N) is 2. The van der Waals surface area contributed by atoms with Crippen LogP contribution in [0.15, 0.2) is 77.7 Å². The lowest BCUT2D eigenvalue weighted by molar-refractivity contribution is -0.139. The molecular formula is C29H35N3O4S. The summed E-state index contributed by atoms with van der Waals surface area (Å²) in [5, 5.41) is 2.76. The first-order valence-electron chi connectivity index (χ1n) is 12.3. The Morgan fingerprint density at radius 3 is 2.03 bits per heavy atom. The van der Waals surface area contributed by atoms with Crippen molar-refractivity contribution in [3.05, 3.63) is 95.1 Å². The first kappa shape index (κ1) is 27.9. The molecule has 0 aliphatic carbocycles. The molecule has 3 rings (SSSR count). The lowest BCUT2D eigenvalue weighted by atomic mass is 10.1. The van der Waals surface area contributed by atoms with Crippen LogP contribution < -0.4 is 9.62 Å². The molecule has 0 saturated heterocycles. The molecule has 0 heterocycles. The van der Waals surface area contributed by atoms with Crippen LogP contribution in [-0.2, 0) is 26.2 Å². The fourth-order valence-corrected chi connectivity index (χ4v) is 5.35. The molecule has 2 amide bonds. The van der Waals surface area contributed by atoms with Gasteiger partial charge in [0, 0.05) is 13.1 Å². The summed E-state index contributed by atoms with van der Waals surface area (Å²) < 4.78 is 28.7. The van der Waals surface area contributed by atoms with E-state index in [1.54, 1.807) is 49.4 Å². The molecule has 0 aliphatic heterocycles. The van der Waals surface area contributed by atoms with Gasteiger partial charge in [-0.1, -0.05) is 59.7 Å². The van der Waals surface area contributed by atoms with Crippen LogP contribution in [0.2, 0.25) is 0 Å². The molecule has 0 saturated carbocycles. The summed E-state index contributed by atoms with van der Waals surface area (Å²) in [5.74, 6) is -0.775. The van der Waals surface area contributed by atoms with Crippen LogP contribution in [0.3, 0.4) is 0 Å². The van der Waals surface area contributed by atoms with Crippen LogP contribution >= 0.6 is 0 Å². The van der Waals surface area contributed by atoms with E-state index in [2.05, 4.69) is 5.32 Å². The Morgan fingerprint density at radius 2 is 1.46 bits per heavy atom. The average Bonchev–Trinajstić information content (AvgIpc) is 2.86. The van der Waals surface area contributed by atoms with E-state index in [-0.39, 0.29) is 17.3 Å². The van der Waals surface area contributed by atoms with Gasteiger partial charge in [0.2, 0.25) is 11.8 Å². The number of sulfonamides is 1. The Kier molecular flexibility index (Phi) is 9.10. The quantitative estimate of drug-likeness (QED) is 0.430. The lowest BCUT2D eigenvalue weighted by Gasteiger charge is -2.32. The number of nitrogens with one attached hydrogen (secondary N) is 1. The maximum atomic E-state index is 13.8. The van der Waals surface area contributed by atoms with Crippen LogP contribution in [0.1, 0.15) is 36.1 Å². The van der Waals surface area contributed by atoms with Crippen LogP contribution in [0.25, 0.3) is 0 Å². The number of aryl methyl sites for hydroxylation is 3. The second-order valence-electron chi connectivity index (χ2n) is 9.24. The van der Waals surface area contributed by atoms with Crippen molar-refractivity contribution in [2.45, 2.75) is 52.1 Å². The predicted molar refractivity (Wildman–Crippen MR) is 147 cm³/mol. The van der Waals surface area contributed by atoms with Crippen LogP contribution in [0, 0.1) is 20.8 Å². The number of rotatable bonds is 10. The molecule has 1 N–H and O–H groups in total. The highest BCUT2D eigenvalue weighted by atomic mass is 32.2. The Balaban J connectivity index is 2.02. The largest absolute Gasteiger partial charge is 0.355 e. The normalized spacial score (nSPS) is 12.0. The van der Waals surface area contributed by atoms with Crippen molar-refractivity contribution in [1.29, 1.82) is 0 Å². The van der Waals surface area contributed by atoms with Gasteiger partial charge in [-0.15, -0.1) is 0 Å². The Labute approximate surface area is 220 Å². The highest BCUT2D eigenvalue weighted by molar-refractivity contribution is 7.92. The zero-order valence-corrected chi connectivity index (χ0v) is 22.9. The zero-order chi connectivity index (χ0) is 27.2. The summed E-state index contributed by atoms with van der Waals surface area (Å²) >= 11 is 0. The topological polar surface area (TPSA) is 86.8 Å². The minimum atomic E-state index is -4.07. The maximum Gasteiger partial charge on any atom is 0.264 e. The minimum absolute atomic E-state index is 0.0919. The van der Waals surface area contributed by atoms with Gasteiger partial charge in [-0.05, 0) is 70.0 Å². The van der Waals surface area contributed by atoms with E-state index in [0.717, 1.165) is 26.6 Å². The Hall–Kier alpha value is -3.65. The summed E-state index contributed by atoms with van der Waals surface area (Å²) in [4.78, 5) is 28.1. The van der Waals surface area contributed by atoms with Crippen molar-refractivity contribution in [2.75, 3.05) is 17.4 Å². The SMILES string of the molecule is CCNC(=O)[C@H](C)N(Cc1ccc(C)cc1)C(=O)CN(c1cccc(C)c1)S(=O)(=O)c1ccc(C)cc1. The first-order valence-corrected chi connectivity index (χ1v) is 13.8. The smallest absolute Gasteiger partial charge is 0.264 e. The van der Waals surface area contributed by atoms with E-state index in [1.165, 1.54) is 4.90 Å². The summed E-state index contributed by atoms with van der Waals surface area (Å²) in [6.07, 6.45) is 0. The summed E-state index contributed by atoms with van der Waals surface area (Å²) in [6.45, 7) is 9.32. The number of amides is 2. The van der Waals surface area contributed by atoms with E-state index in [0.29, 0.717) is 12.2 Å². The van der Waals surface area contributed by atoms with Gasteiger partial charge in [0.15, 0.2) is 0 Å². The predicted octanol–water partition coefficient (Wildman–Crippen LogP) is 4.36. The molecule has 0 aliphatic rings. The van der Waals surface area contributed by atoms with Crippen LogP contribution in [-0.4, -0.2) is 44.3 Å². The lowest BCUT2D eigenvalue weighted by Crippen LogP contribution is -2.51. The third-order valence-corrected chi connectivity index (χ3v) is 7.96. The van der Waals surface area contributed by atoms with E-state index in [1.807, 2.05) is 58.0 Å². The molecule has 0 fully saturated rings. The molecule has 3 aromatic carbocycles. The third-order valence-electron chi connectivity index (χ3n) is 6.17. The van der Waals surface area contributed by atoms with Gasteiger partial charge in [-0.3, -0.25) is 13.9 Å². The molecule has 7 nitrogen and oxygen atoms in total. The van der Waals surface area contributed by atoms with Crippen molar-refractivity contribution < 1.29 is 18.0 Å². The molecule has 8 heteroatoms. The monoisotopic (exact) mass is 521 g/mol. The van der Waals surface area contributed by atoms with E-state index in [9.17, 15) is 18.0 Å². The standard InChI is InChI=1S/C29H35N3O4S/c1-6-30-29(34)24(5)31(19-25-14-10-21(2)11-15-25)28(33)20-32(26-9-7-8-23(4)18-26)37(35,36)27-16-12-22(3)13-17-27/h7-18,24H,6,19-20H2,1-5H3,(H,30,34)/t24-/m0/s1. The summed E-state index contributed by atoms with van der Waals surface area (Å²) in [6, 6.07) is 20.5. The highest BCUT2D eigenvalue weighted by Gasteiger charge is 2.32. The molecule has 0 bridgehead atoms. The number of likely N-dealkylation sites (N-methyl/N-ethyl adjacent to an activating group) is 1. The van der Waals surface area contributed by atoms with Gasteiger partial charge in [-0.2, -0.15) is 0 Å². The van der Waals surface area contributed by atoms with Gasteiger partial charge in [-0.25, -0.2) is 8.42 Å². The number of carbonyl (C=O) groups is 2. The van der Waals surface area contributed by atoms with Crippen LogP contribution in [0.4, 0.5) is 5.69 Å². The van der Waals surface area contributed by atoms with Crippen molar-refractivity contribution >= 4 is 27.5 Å². The minimum Gasteiger partial charge on any atom is -0.355 e. The molecule has 1 atom stereocenters. The van der Waals surface area contributed by atoms with Gasteiger partial charge in [0.1, 0.15) is 12.6 Å². The zero-order valence-electron chi connectivity index (χ0n) is 22.1. The Morgan fingerprint density at radius 1 is 0.865 bits per heavy atom. The number of benzene rings is 3. The highest BCUT2D eigenvalue weighted by Crippen LogP contribution is 2.25. The molecule has 0 aromatic heterocycles. The molecule has 0 spiro atoms. The molecular weight excluding hydrogens is 486 g/mol. The second kappa shape index (κ2) is 12.1. The molecule has 0 unspecified atom stereocenters. The molecule has 3 aromatic rings. The van der Waals surface area contributed by atoms with Crippen molar-refractivity contribution in [2.24, 2.45) is 0 Å². The van der Waals surface area contributed by atoms with Gasteiger partial charge >= 0.3 is 0 Å². The fourth-order valence-electron chi connectivity index (χ4n) is 3.94. The van der Waals surface area contributed by atoms with Crippen molar-refractivity contribution in [3.63, 3.8) is 0 Å². The Bertz CT molecular complexity index is 1340. The fraction of sp³-hybridized carbons (Fsp3) is 0.310. The molecule has 196 valence electrons. The maximum absolute atomic E-state index is 13.8. The number of anilines is 1. The molecule has 0 radical (unpaired) electrons. The van der Waals surface area contributed by atoms with Gasteiger partial charge in [0.05, 0.1) is 10.6 Å². The second-order valence-corrected chi connectivity index (χ2v) is 11.1. The van der Waals surface area contributed by atoms with Gasteiger partial charge < -0.3 is 10.2 Å². The van der Waals surface area contributed by atoms with E-state index < -0.39 is 28.5 Å². The van der Waals surface area contributed by atoms with Crippen LogP contribution in [0.5, 0.6) is 0 Å². The number of hydrogen-bond acceptors (Lipinski definition) is 4. The number of hydrogen-bond donors (Lipinski definition) is 1. The third kappa shape index (κ3) is 6.98. The average molecular weight is 522 g/mol. The van der Waals surface area contributed by atoms with E-state index in [4.69, 9.17) is 0 Å². The van der Waals surface area contributed by atoms with Gasteiger partial charge in [0.25, 0.3) is 10.0 Å². The molecule has 37 heavy (non-hydrogen) atoms. The first-order chi connectivity index (χ1) is 17.5. The van der Waals surface area contributed by atoms with E-state index >= 15 is 0 Å². The summed E-state index contributed by atoms with van der Waals surface area (Å²) in [5.41, 5.74) is 4.10.